The van der Waals surface area contributed by atoms with E-state index in [9.17, 15) is 4.79 Å². The molecular formula is C14H11Br2ClN2O. The van der Waals surface area contributed by atoms with Gasteiger partial charge >= 0.3 is 0 Å². The molecule has 2 rings (SSSR count). The first-order valence-electron chi connectivity index (χ1n) is 5.70. The zero-order valence-corrected chi connectivity index (χ0v) is 14.4. The van der Waals surface area contributed by atoms with Gasteiger partial charge < -0.3 is 11.1 Å². The first-order valence-corrected chi connectivity index (χ1v) is 7.67. The van der Waals surface area contributed by atoms with E-state index in [1.807, 2.05) is 13.0 Å². The standard InChI is InChI=1S/C14H11Br2ClN2O/c1-7-4-8(15)5-12(18)13(7)19-14(20)10-3-2-9(17)6-11(10)16/h2-6H,18H2,1H3,(H,19,20). The summed E-state index contributed by atoms with van der Waals surface area (Å²) in [6.07, 6.45) is 0. The maximum absolute atomic E-state index is 12.3. The lowest BCUT2D eigenvalue weighted by atomic mass is 10.1. The molecule has 20 heavy (non-hydrogen) atoms. The van der Waals surface area contributed by atoms with Crippen LogP contribution in [0.3, 0.4) is 0 Å². The third-order valence-corrected chi connectivity index (χ3v) is 4.09. The fourth-order valence-electron chi connectivity index (χ4n) is 1.79. The Kier molecular flexibility index (Phi) is 4.73. The number of aryl methyl sites for hydroxylation is 1. The van der Waals surface area contributed by atoms with E-state index in [0.717, 1.165) is 10.0 Å². The van der Waals surface area contributed by atoms with E-state index in [2.05, 4.69) is 37.2 Å². The second kappa shape index (κ2) is 6.16. The molecule has 0 aromatic heterocycles. The summed E-state index contributed by atoms with van der Waals surface area (Å²) in [5, 5.41) is 3.39. The number of hydrogen-bond acceptors (Lipinski definition) is 2. The van der Waals surface area contributed by atoms with Gasteiger partial charge in [-0.25, -0.2) is 0 Å². The third kappa shape index (κ3) is 3.34. The number of nitrogens with one attached hydrogen (secondary N) is 1. The fourth-order valence-corrected chi connectivity index (χ4v) is 3.25. The Morgan fingerprint density at radius 2 is 1.95 bits per heavy atom. The van der Waals surface area contributed by atoms with Crippen molar-refractivity contribution in [3.05, 3.63) is 55.4 Å². The highest BCUT2D eigenvalue weighted by atomic mass is 79.9. The molecule has 0 aliphatic carbocycles. The lowest BCUT2D eigenvalue weighted by Crippen LogP contribution is -2.14. The van der Waals surface area contributed by atoms with E-state index in [0.29, 0.717) is 26.4 Å². The van der Waals surface area contributed by atoms with Gasteiger partial charge in [0, 0.05) is 14.0 Å². The van der Waals surface area contributed by atoms with E-state index >= 15 is 0 Å². The highest BCUT2D eigenvalue weighted by Crippen LogP contribution is 2.29. The van der Waals surface area contributed by atoms with Crippen molar-refractivity contribution in [1.29, 1.82) is 0 Å². The Hall–Kier alpha value is -1.04. The molecular weight excluding hydrogens is 407 g/mol. The molecule has 3 nitrogen and oxygen atoms in total. The van der Waals surface area contributed by atoms with Crippen LogP contribution in [0.2, 0.25) is 5.02 Å². The van der Waals surface area contributed by atoms with Crippen molar-refractivity contribution >= 4 is 60.7 Å². The summed E-state index contributed by atoms with van der Waals surface area (Å²) in [4.78, 5) is 12.3. The van der Waals surface area contributed by atoms with Gasteiger partial charge in [-0.1, -0.05) is 27.5 Å². The summed E-state index contributed by atoms with van der Waals surface area (Å²) >= 11 is 12.6. The van der Waals surface area contributed by atoms with E-state index in [1.54, 1.807) is 24.3 Å². The number of amides is 1. The van der Waals surface area contributed by atoms with E-state index in [4.69, 9.17) is 17.3 Å². The molecule has 3 N–H and O–H groups in total. The van der Waals surface area contributed by atoms with Crippen molar-refractivity contribution < 1.29 is 4.79 Å². The van der Waals surface area contributed by atoms with Gasteiger partial charge in [-0.05, 0) is 58.7 Å². The third-order valence-electron chi connectivity index (χ3n) is 2.75. The van der Waals surface area contributed by atoms with Crippen molar-refractivity contribution in [3.63, 3.8) is 0 Å². The average molecular weight is 419 g/mol. The smallest absolute Gasteiger partial charge is 0.256 e. The van der Waals surface area contributed by atoms with Crippen molar-refractivity contribution in [2.24, 2.45) is 0 Å². The molecule has 0 fully saturated rings. The summed E-state index contributed by atoms with van der Waals surface area (Å²) in [5.41, 5.74) is 8.43. The number of nitrogens with two attached hydrogens (primary N) is 1. The highest BCUT2D eigenvalue weighted by molar-refractivity contribution is 9.10. The molecule has 0 heterocycles. The number of carbonyl (C=O) groups is 1. The minimum atomic E-state index is -0.245. The first-order chi connectivity index (χ1) is 9.38. The molecule has 0 unspecified atom stereocenters. The highest BCUT2D eigenvalue weighted by Gasteiger charge is 2.13. The fraction of sp³-hybridized carbons (Fsp3) is 0.0714. The van der Waals surface area contributed by atoms with Crippen LogP contribution in [0.1, 0.15) is 15.9 Å². The largest absolute Gasteiger partial charge is 0.397 e. The lowest BCUT2D eigenvalue weighted by molar-refractivity contribution is 0.102. The number of benzene rings is 2. The molecule has 0 bridgehead atoms. The topological polar surface area (TPSA) is 55.1 Å². The Bertz CT molecular complexity index is 666. The predicted molar refractivity (Wildman–Crippen MR) is 90.4 cm³/mol. The molecule has 1 amide bonds. The number of hydrogen-bond donors (Lipinski definition) is 2. The van der Waals surface area contributed by atoms with Crippen LogP contribution >= 0.6 is 43.5 Å². The molecule has 0 radical (unpaired) electrons. The Balaban J connectivity index is 2.33. The van der Waals surface area contributed by atoms with Crippen LogP contribution in [0, 0.1) is 6.92 Å². The zero-order chi connectivity index (χ0) is 14.9. The number of carbonyl (C=O) groups excluding carboxylic acids is 1. The van der Waals surface area contributed by atoms with Crippen molar-refractivity contribution in [2.75, 3.05) is 11.1 Å². The summed E-state index contributed by atoms with van der Waals surface area (Å²) in [7, 11) is 0. The van der Waals surface area contributed by atoms with Gasteiger partial charge in [-0.2, -0.15) is 0 Å². The minimum Gasteiger partial charge on any atom is -0.397 e. The summed E-state index contributed by atoms with van der Waals surface area (Å²) in [5.74, 6) is -0.245. The summed E-state index contributed by atoms with van der Waals surface area (Å²) in [6.45, 7) is 1.88. The van der Waals surface area contributed by atoms with Gasteiger partial charge in [-0.15, -0.1) is 0 Å². The van der Waals surface area contributed by atoms with Crippen LogP contribution in [-0.4, -0.2) is 5.91 Å². The Morgan fingerprint density at radius 1 is 1.25 bits per heavy atom. The molecule has 0 aliphatic heterocycles. The molecule has 104 valence electrons. The molecule has 6 heteroatoms. The van der Waals surface area contributed by atoms with Gasteiger partial charge in [0.15, 0.2) is 0 Å². The number of rotatable bonds is 2. The second-order valence-electron chi connectivity index (χ2n) is 4.27. The summed E-state index contributed by atoms with van der Waals surface area (Å²) < 4.78 is 1.51. The van der Waals surface area contributed by atoms with E-state index < -0.39 is 0 Å². The van der Waals surface area contributed by atoms with Crippen LogP contribution in [0.15, 0.2) is 39.3 Å². The second-order valence-corrected chi connectivity index (χ2v) is 6.47. The minimum absolute atomic E-state index is 0.245. The van der Waals surface area contributed by atoms with Crippen molar-refractivity contribution in [2.45, 2.75) is 6.92 Å². The van der Waals surface area contributed by atoms with Crippen LogP contribution in [0.4, 0.5) is 11.4 Å². The van der Waals surface area contributed by atoms with Gasteiger partial charge in [-0.3, -0.25) is 4.79 Å². The predicted octanol–water partition coefficient (Wildman–Crippen LogP) is 5.01. The zero-order valence-electron chi connectivity index (χ0n) is 10.5. The molecule has 2 aromatic rings. The molecule has 0 atom stereocenters. The van der Waals surface area contributed by atoms with Crippen LogP contribution in [-0.2, 0) is 0 Å². The normalized spacial score (nSPS) is 10.4. The average Bonchev–Trinajstić information content (AvgIpc) is 2.33. The van der Waals surface area contributed by atoms with Crippen molar-refractivity contribution in [3.8, 4) is 0 Å². The van der Waals surface area contributed by atoms with Crippen LogP contribution in [0.5, 0.6) is 0 Å². The van der Waals surface area contributed by atoms with Crippen LogP contribution < -0.4 is 11.1 Å². The Labute approximate surface area is 138 Å². The van der Waals surface area contributed by atoms with Crippen molar-refractivity contribution in [1.82, 2.24) is 0 Å². The lowest BCUT2D eigenvalue weighted by Gasteiger charge is -2.13. The Morgan fingerprint density at radius 3 is 2.55 bits per heavy atom. The molecule has 0 aliphatic rings. The summed E-state index contributed by atoms with van der Waals surface area (Å²) in [6, 6.07) is 8.64. The van der Waals surface area contributed by atoms with Gasteiger partial charge in [0.1, 0.15) is 0 Å². The number of anilines is 2. The number of halogens is 3. The van der Waals surface area contributed by atoms with Gasteiger partial charge in [0.05, 0.1) is 16.9 Å². The molecule has 2 aromatic carbocycles. The molecule has 0 saturated heterocycles. The quantitative estimate of drug-likeness (QED) is 0.674. The van der Waals surface area contributed by atoms with E-state index in [-0.39, 0.29) is 5.91 Å². The maximum atomic E-state index is 12.3. The molecule has 0 spiro atoms. The first kappa shape index (κ1) is 15.4. The van der Waals surface area contributed by atoms with Gasteiger partial charge in [0.25, 0.3) is 5.91 Å². The van der Waals surface area contributed by atoms with E-state index in [1.165, 1.54) is 0 Å². The SMILES string of the molecule is Cc1cc(Br)cc(N)c1NC(=O)c1ccc(Cl)cc1Br. The van der Waals surface area contributed by atoms with Gasteiger partial charge in [0.2, 0.25) is 0 Å². The maximum Gasteiger partial charge on any atom is 0.256 e. The number of nitrogen functional groups attached to an aromatic ring is 1. The molecule has 0 saturated carbocycles. The van der Waals surface area contributed by atoms with Crippen LogP contribution in [0.25, 0.3) is 0 Å². The monoisotopic (exact) mass is 416 g/mol.